The van der Waals surface area contributed by atoms with Crippen molar-refractivity contribution >= 4 is 30.6 Å². The summed E-state index contributed by atoms with van der Waals surface area (Å²) in [5, 5.41) is 10.0. The van der Waals surface area contributed by atoms with Crippen LogP contribution in [0.15, 0.2) is 24.3 Å². The molecule has 25 heavy (non-hydrogen) atoms. The van der Waals surface area contributed by atoms with Crippen LogP contribution >= 0.6 is 30.6 Å². The molecule has 0 spiro atoms. The molecule has 2 aromatic carbocycles. The molecule has 0 aliphatic heterocycles. The first-order chi connectivity index (χ1) is 11.7. The van der Waals surface area contributed by atoms with Gasteiger partial charge in [0.1, 0.15) is 11.5 Å². The number of halogens is 1. The van der Waals surface area contributed by atoms with E-state index in [2.05, 4.69) is 42.5 Å². The summed E-state index contributed by atoms with van der Waals surface area (Å²) in [6.07, 6.45) is 0.610. The monoisotopic (exact) mass is 474 g/mol. The predicted octanol–water partition coefficient (Wildman–Crippen LogP) is 5.13. The van der Waals surface area contributed by atoms with Crippen molar-refractivity contribution in [3.8, 4) is 11.5 Å². The molecule has 0 aliphatic rings. The minimum Gasteiger partial charge on any atom is -0.508 e. The van der Waals surface area contributed by atoms with Gasteiger partial charge in [0.25, 0.3) is 0 Å². The summed E-state index contributed by atoms with van der Waals surface area (Å²) < 4.78 is 17.3. The molecule has 0 aliphatic carbocycles. The number of ether oxygens (including phenoxy) is 1. The normalized spacial score (nSPS) is 12.4. The highest BCUT2D eigenvalue weighted by Gasteiger charge is 2.15. The molecule has 0 heterocycles. The van der Waals surface area contributed by atoms with Crippen molar-refractivity contribution in [1.82, 2.24) is 0 Å². The quantitative estimate of drug-likeness (QED) is 0.450. The Morgan fingerprint density at radius 2 is 1.92 bits per heavy atom. The maximum atomic E-state index is 10.9. The fraction of sp³-hybridized carbons (Fsp3) is 0.368. The second-order valence-corrected chi connectivity index (χ2v) is 8.67. The molecule has 0 bridgehead atoms. The third-order valence-electron chi connectivity index (χ3n) is 4.27. The highest BCUT2D eigenvalue weighted by atomic mass is 127. The lowest BCUT2D eigenvalue weighted by Gasteiger charge is -2.17. The molecule has 2 aromatic rings. The summed E-state index contributed by atoms with van der Waals surface area (Å²) in [5.74, 6) is 1.25. The number of rotatable bonds is 6. The van der Waals surface area contributed by atoms with E-state index in [-0.39, 0.29) is 12.3 Å². The Bertz CT molecular complexity index is 802. The number of phenolic OH excluding ortho intramolecular Hbond substituents is 1. The van der Waals surface area contributed by atoms with Crippen LogP contribution in [0.25, 0.3) is 0 Å². The van der Waals surface area contributed by atoms with Crippen LogP contribution in [0.5, 0.6) is 11.5 Å². The average molecular weight is 474 g/mol. The molecular weight excluding hydrogens is 450 g/mol. The van der Waals surface area contributed by atoms with E-state index in [0.717, 1.165) is 32.2 Å². The second kappa shape index (κ2) is 8.56. The number of aryl methyl sites for hydroxylation is 1. The Morgan fingerprint density at radius 1 is 1.24 bits per heavy atom. The van der Waals surface area contributed by atoms with Crippen LogP contribution in [0.4, 0.5) is 0 Å². The lowest BCUT2D eigenvalue weighted by atomic mass is 9.93. The van der Waals surface area contributed by atoms with Crippen molar-refractivity contribution < 1.29 is 19.3 Å². The van der Waals surface area contributed by atoms with E-state index in [1.807, 2.05) is 26.0 Å². The zero-order valence-electron chi connectivity index (χ0n) is 14.9. The van der Waals surface area contributed by atoms with Gasteiger partial charge in [-0.2, -0.15) is 0 Å². The van der Waals surface area contributed by atoms with Gasteiger partial charge in [0.05, 0.1) is 3.57 Å². The van der Waals surface area contributed by atoms with Crippen LogP contribution in [-0.4, -0.2) is 16.3 Å². The molecule has 0 aromatic heterocycles. The molecule has 0 amide bonds. The fourth-order valence-corrected chi connectivity index (χ4v) is 3.77. The molecule has 2 N–H and O–H groups in total. The topological polar surface area (TPSA) is 66.8 Å². The molecule has 0 radical (unpaired) electrons. The van der Waals surface area contributed by atoms with Crippen LogP contribution in [0.1, 0.15) is 47.6 Å². The van der Waals surface area contributed by atoms with Crippen molar-refractivity contribution in [2.75, 3.05) is 6.35 Å². The molecule has 2 rings (SSSR count). The molecule has 6 heteroatoms. The number of aromatic hydroxyl groups is 1. The third-order valence-corrected chi connectivity index (χ3v) is 6.00. The summed E-state index contributed by atoms with van der Waals surface area (Å²) in [6.45, 7) is 8.20. The van der Waals surface area contributed by atoms with Gasteiger partial charge in [-0.1, -0.05) is 26.0 Å². The SMILES string of the molecule is Cc1cc(OC[PH](=O)O)c(I)c(C)c1Cc1ccc(O)c(C(C)C)c1. The summed E-state index contributed by atoms with van der Waals surface area (Å²) >= 11 is 2.22. The summed E-state index contributed by atoms with van der Waals surface area (Å²) in [4.78, 5) is 8.98. The first-order valence-electron chi connectivity index (χ1n) is 8.15. The Labute approximate surface area is 163 Å². The van der Waals surface area contributed by atoms with Crippen molar-refractivity contribution in [3.05, 3.63) is 55.7 Å². The maximum Gasteiger partial charge on any atom is 0.225 e. The summed E-state index contributed by atoms with van der Waals surface area (Å²) in [6, 6.07) is 7.71. The number of hydrogen-bond acceptors (Lipinski definition) is 3. The van der Waals surface area contributed by atoms with Crippen molar-refractivity contribution in [2.45, 2.75) is 40.0 Å². The van der Waals surface area contributed by atoms with Crippen LogP contribution < -0.4 is 4.74 Å². The predicted molar refractivity (Wildman–Crippen MR) is 110 cm³/mol. The van der Waals surface area contributed by atoms with Crippen LogP contribution in [0, 0.1) is 17.4 Å². The van der Waals surface area contributed by atoms with Gasteiger partial charge in [-0.3, -0.25) is 4.57 Å². The van der Waals surface area contributed by atoms with Crippen molar-refractivity contribution in [2.24, 2.45) is 0 Å². The van der Waals surface area contributed by atoms with E-state index >= 15 is 0 Å². The van der Waals surface area contributed by atoms with Crippen LogP contribution in [-0.2, 0) is 11.0 Å². The van der Waals surface area contributed by atoms with E-state index in [0.29, 0.717) is 11.5 Å². The van der Waals surface area contributed by atoms with Crippen LogP contribution in [0.2, 0.25) is 0 Å². The number of hydrogen-bond donors (Lipinski definition) is 2. The first kappa shape index (κ1) is 20.3. The molecule has 4 nitrogen and oxygen atoms in total. The Hall–Kier alpha value is -1.04. The Balaban J connectivity index is 2.36. The number of benzene rings is 2. The fourth-order valence-electron chi connectivity index (χ4n) is 2.86. The zero-order chi connectivity index (χ0) is 18.7. The lowest BCUT2D eigenvalue weighted by Crippen LogP contribution is -2.03. The minimum atomic E-state index is -2.65. The third kappa shape index (κ3) is 4.99. The molecule has 0 saturated carbocycles. The number of phenols is 1. The van der Waals surface area contributed by atoms with Crippen molar-refractivity contribution in [1.29, 1.82) is 0 Å². The largest absolute Gasteiger partial charge is 0.508 e. The Kier molecular flexibility index (Phi) is 6.94. The average Bonchev–Trinajstić information content (AvgIpc) is 2.54. The van der Waals surface area contributed by atoms with Gasteiger partial charge in [0.15, 0.2) is 6.35 Å². The first-order valence-corrected chi connectivity index (χ1v) is 10.8. The Morgan fingerprint density at radius 3 is 2.52 bits per heavy atom. The van der Waals surface area contributed by atoms with E-state index in [4.69, 9.17) is 9.63 Å². The molecule has 1 unspecified atom stereocenters. The highest BCUT2D eigenvalue weighted by molar-refractivity contribution is 14.1. The standard InChI is InChI=1S/C19H24IO4P/c1-11(2)15-8-14(5-6-17(15)21)9-16-12(3)7-18(19(20)13(16)4)24-10-25(22)23/h5-8,11,21,25H,9-10H2,1-4H3,(H,22,23). The maximum absolute atomic E-state index is 10.9. The van der Waals surface area contributed by atoms with Gasteiger partial charge in [0, 0.05) is 0 Å². The summed E-state index contributed by atoms with van der Waals surface area (Å²) in [5.41, 5.74) is 5.53. The molecule has 136 valence electrons. The highest BCUT2D eigenvalue weighted by Crippen LogP contribution is 2.33. The minimum absolute atomic E-state index is 0.158. The molecular formula is C19H24IO4P. The lowest BCUT2D eigenvalue weighted by molar-refractivity contribution is 0.358. The zero-order valence-corrected chi connectivity index (χ0v) is 18.0. The van der Waals surface area contributed by atoms with Gasteiger partial charge in [0.2, 0.25) is 8.03 Å². The van der Waals surface area contributed by atoms with Gasteiger partial charge in [-0.15, -0.1) is 0 Å². The van der Waals surface area contributed by atoms with Gasteiger partial charge in [-0.25, -0.2) is 0 Å². The molecule has 0 fully saturated rings. The van der Waals surface area contributed by atoms with Gasteiger partial charge >= 0.3 is 0 Å². The molecule has 0 saturated heterocycles. The summed E-state index contributed by atoms with van der Waals surface area (Å²) in [7, 11) is -2.65. The van der Waals surface area contributed by atoms with E-state index in [1.165, 1.54) is 5.56 Å². The smallest absolute Gasteiger partial charge is 0.225 e. The van der Waals surface area contributed by atoms with E-state index in [9.17, 15) is 9.67 Å². The van der Waals surface area contributed by atoms with E-state index in [1.54, 1.807) is 6.07 Å². The van der Waals surface area contributed by atoms with Crippen molar-refractivity contribution in [3.63, 3.8) is 0 Å². The van der Waals surface area contributed by atoms with E-state index < -0.39 is 8.03 Å². The van der Waals surface area contributed by atoms with Gasteiger partial charge in [-0.05, 0) is 88.7 Å². The van der Waals surface area contributed by atoms with Gasteiger partial charge < -0.3 is 14.7 Å². The molecule has 1 atom stereocenters. The van der Waals surface area contributed by atoms with Crippen LogP contribution in [0.3, 0.4) is 0 Å². The second-order valence-electron chi connectivity index (χ2n) is 6.52.